The van der Waals surface area contributed by atoms with Crippen molar-refractivity contribution in [3.8, 4) is 5.75 Å². The lowest BCUT2D eigenvalue weighted by Crippen LogP contribution is -2.40. The van der Waals surface area contributed by atoms with Gasteiger partial charge in [-0.15, -0.1) is 0 Å². The quantitative estimate of drug-likeness (QED) is 0.872. The van der Waals surface area contributed by atoms with Crippen LogP contribution in [0.1, 0.15) is 25.8 Å². The zero-order valence-corrected chi connectivity index (χ0v) is 12.4. The molecule has 116 valence electrons. The number of aliphatic hydroxyl groups excluding tert-OH is 1. The fourth-order valence-corrected chi connectivity index (χ4v) is 2.52. The molecule has 1 heterocycles. The summed E-state index contributed by atoms with van der Waals surface area (Å²) in [6.45, 7) is 4.56. The summed E-state index contributed by atoms with van der Waals surface area (Å²) in [6, 6.07) is 4.34. The summed E-state index contributed by atoms with van der Waals surface area (Å²) >= 11 is 0. The van der Waals surface area contributed by atoms with Crippen molar-refractivity contribution in [2.75, 3.05) is 13.2 Å². The van der Waals surface area contributed by atoms with Crippen molar-refractivity contribution in [1.29, 1.82) is 0 Å². The summed E-state index contributed by atoms with van der Waals surface area (Å²) in [7, 11) is 0. The Morgan fingerprint density at radius 3 is 3.00 bits per heavy atom. The van der Waals surface area contributed by atoms with E-state index in [1.165, 1.54) is 12.1 Å². The number of hydrogen-bond acceptors (Lipinski definition) is 3. The van der Waals surface area contributed by atoms with E-state index in [1.807, 2.05) is 13.8 Å². The molecule has 0 bridgehead atoms. The van der Waals surface area contributed by atoms with Gasteiger partial charge in [-0.25, -0.2) is 4.39 Å². The van der Waals surface area contributed by atoms with Gasteiger partial charge in [0.15, 0.2) is 0 Å². The molecule has 2 unspecified atom stereocenters. The molecule has 1 amide bonds. The van der Waals surface area contributed by atoms with Gasteiger partial charge in [-0.2, -0.15) is 0 Å². The second kappa shape index (κ2) is 6.89. The highest BCUT2D eigenvalue weighted by atomic mass is 19.1. The van der Waals surface area contributed by atoms with E-state index in [0.717, 1.165) is 0 Å². The fourth-order valence-electron chi connectivity index (χ4n) is 2.52. The van der Waals surface area contributed by atoms with Gasteiger partial charge in [0.25, 0.3) is 0 Å². The smallest absolute Gasteiger partial charge is 0.226 e. The Kier molecular flexibility index (Phi) is 5.17. The lowest BCUT2D eigenvalue weighted by Gasteiger charge is -2.25. The van der Waals surface area contributed by atoms with E-state index in [4.69, 9.17) is 4.74 Å². The summed E-state index contributed by atoms with van der Waals surface area (Å²) in [5.41, 5.74) is 0.712. The third-order valence-electron chi connectivity index (χ3n) is 3.56. The van der Waals surface area contributed by atoms with E-state index in [2.05, 4.69) is 5.32 Å². The molecule has 0 saturated carbocycles. The maximum absolute atomic E-state index is 13.2. The molecule has 21 heavy (non-hydrogen) atoms. The maximum Gasteiger partial charge on any atom is 0.226 e. The van der Waals surface area contributed by atoms with Crippen LogP contribution in [0, 0.1) is 17.7 Å². The molecule has 0 spiro atoms. The number of hydrogen-bond donors (Lipinski definition) is 2. The highest BCUT2D eigenvalue weighted by molar-refractivity contribution is 5.79. The van der Waals surface area contributed by atoms with Crippen LogP contribution in [-0.2, 0) is 11.2 Å². The molecular formula is C16H22FNO3. The molecule has 0 aliphatic carbocycles. The van der Waals surface area contributed by atoms with Crippen LogP contribution in [0.4, 0.5) is 4.39 Å². The van der Waals surface area contributed by atoms with Gasteiger partial charge in [-0.3, -0.25) is 4.79 Å². The largest absolute Gasteiger partial charge is 0.492 e. The number of rotatable bonds is 5. The summed E-state index contributed by atoms with van der Waals surface area (Å²) in [6.07, 6.45) is 0.567. The molecule has 1 aromatic carbocycles. The van der Waals surface area contributed by atoms with Crippen molar-refractivity contribution in [3.63, 3.8) is 0 Å². The minimum atomic E-state index is -0.539. The average molecular weight is 295 g/mol. The number of nitrogens with one attached hydrogen (secondary N) is 1. The first-order chi connectivity index (χ1) is 9.95. The zero-order chi connectivity index (χ0) is 15.4. The van der Waals surface area contributed by atoms with E-state index in [0.29, 0.717) is 30.1 Å². The summed E-state index contributed by atoms with van der Waals surface area (Å²) in [4.78, 5) is 12.1. The van der Waals surface area contributed by atoms with Gasteiger partial charge >= 0.3 is 0 Å². The Hall–Kier alpha value is -1.62. The maximum atomic E-state index is 13.2. The predicted molar refractivity (Wildman–Crippen MR) is 77.6 cm³/mol. The van der Waals surface area contributed by atoms with E-state index in [1.54, 1.807) is 6.07 Å². The lowest BCUT2D eigenvalue weighted by atomic mass is 9.95. The summed E-state index contributed by atoms with van der Waals surface area (Å²) in [5.74, 6) is 0.189. The Morgan fingerprint density at radius 1 is 1.52 bits per heavy atom. The van der Waals surface area contributed by atoms with Gasteiger partial charge < -0.3 is 15.2 Å². The second-order valence-corrected chi connectivity index (χ2v) is 5.99. The molecule has 1 aliphatic rings. The number of aliphatic hydroxyl groups is 1. The molecule has 1 aliphatic heterocycles. The molecular weight excluding hydrogens is 273 g/mol. The normalized spacial score (nSPS) is 18.8. The molecule has 0 fully saturated rings. The van der Waals surface area contributed by atoms with Gasteiger partial charge in [0.05, 0.1) is 12.0 Å². The van der Waals surface area contributed by atoms with Gasteiger partial charge in [0.1, 0.15) is 18.2 Å². The number of carbonyl (C=O) groups excluding carboxylic acids is 1. The fraction of sp³-hybridized carbons (Fsp3) is 0.562. The molecule has 0 aromatic heterocycles. The molecule has 2 atom stereocenters. The first kappa shape index (κ1) is 15.8. The number of benzene rings is 1. The zero-order valence-electron chi connectivity index (χ0n) is 12.4. The first-order valence-corrected chi connectivity index (χ1v) is 7.32. The summed E-state index contributed by atoms with van der Waals surface area (Å²) in [5, 5.41) is 12.5. The van der Waals surface area contributed by atoms with E-state index >= 15 is 0 Å². The van der Waals surface area contributed by atoms with Crippen LogP contribution in [0.2, 0.25) is 0 Å². The highest BCUT2D eigenvalue weighted by Crippen LogP contribution is 2.27. The number of halogens is 1. The summed E-state index contributed by atoms with van der Waals surface area (Å²) < 4.78 is 18.7. The van der Waals surface area contributed by atoms with Gasteiger partial charge in [-0.1, -0.05) is 13.8 Å². The van der Waals surface area contributed by atoms with Crippen LogP contribution >= 0.6 is 0 Å². The Bertz CT molecular complexity index is 504. The number of fused-ring (bicyclic) bond motifs is 1. The van der Waals surface area contributed by atoms with Crippen LogP contribution in [-0.4, -0.2) is 30.3 Å². The standard InChI is InChI=1S/C16H22FNO3/c1-10(2)5-14(19)8-18-16(20)12-6-11-7-13(17)3-4-15(11)21-9-12/h3-4,7,10,12,14,19H,5-6,8-9H2,1-2H3,(H,18,20). The SMILES string of the molecule is CC(C)CC(O)CNC(=O)C1COc2ccc(F)cc2C1. The van der Waals surface area contributed by atoms with E-state index in [9.17, 15) is 14.3 Å². The van der Waals surface area contributed by atoms with Crippen LogP contribution < -0.4 is 10.1 Å². The molecule has 4 nitrogen and oxygen atoms in total. The third kappa shape index (κ3) is 4.43. The van der Waals surface area contributed by atoms with Crippen molar-refractivity contribution in [2.24, 2.45) is 11.8 Å². The molecule has 0 saturated heterocycles. The predicted octanol–water partition coefficient (Wildman–Crippen LogP) is 1.90. The minimum absolute atomic E-state index is 0.160. The average Bonchev–Trinajstić information content (AvgIpc) is 2.43. The molecule has 2 rings (SSSR count). The van der Waals surface area contributed by atoms with Crippen molar-refractivity contribution in [1.82, 2.24) is 5.32 Å². The van der Waals surface area contributed by atoms with Crippen molar-refractivity contribution >= 4 is 5.91 Å². The second-order valence-electron chi connectivity index (χ2n) is 5.99. The number of ether oxygens (including phenoxy) is 1. The van der Waals surface area contributed by atoms with E-state index in [-0.39, 0.29) is 30.8 Å². The molecule has 5 heteroatoms. The van der Waals surface area contributed by atoms with Crippen molar-refractivity contribution in [2.45, 2.75) is 32.8 Å². The van der Waals surface area contributed by atoms with Crippen molar-refractivity contribution < 1.29 is 19.0 Å². The van der Waals surface area contributed by atoms with Crippen LogP contribution in [0.25, 0.3) is 0 Å². The monoisotopic (exact) mass is 295 g/mol. The number of amides is 1. The van der Waals surface area contributed by atoms with Crippen LogP contribution in [0.15, 0.2) is 18.2 Å². The lowest BCUT2D eigenvalue weighted by molar-refractivity contribution is -0.126. The van der Waals surface area contributed by atoms with Crippen molar-refractivity contribution in [3.05, 3.63) is 29.6 Å². The Balaban J connectivity index is 1.87. The highest BCUT2D eigenvalue weighted by Gasteiger charge is 2.26. The van der Waals surface area contributed by atoms with Crippen LogP contribution in [0.5, 0.6) is 5.75 Å². The van der Waals surface area contributed by atoms with Gasteiger partial charge in [0.2, 0.25) is 5.91 Å². The first-order valence-electron chi connectivity index (χ1n) is 7.32. The number of carbonyl (C=O) groups is 1. The molecule has 0 radical (unpaired) electrons. The minimum Gasteiger partial charge on any atom is -0.492 e. The third-order valence-corrected chi connectivity index (χ3v) is 3.56. The molecule has 2 N–H and O–H groups in total. The van der Waals surface area contributed by atoms with Crippen LogP contribution in [0.3, 0.4) is 0 Å². The molecule has 1 aromatic rings. The van der Waals surface area contributed by atoms with Gasteiger partial charge in [0, 0.05) is 6.54 Å². The topological polar surface area (TPSA) is 58.6 Å². The van der Waals surface area contributed by atoms with E-state index < -0.39 is 6.10 Å². The Morgan fingerprint density at radius 2 is 2.29 bits per heavy atom. The van der Waals surface area contributed by atoms with Gasteiger partial charge in [-0.05, 0) is 42.5 Å². The Labute approximate surface area is 124 Å².